The van der Waals surface area contributed by atoms with Gasteiger partial charge < -0.3 is 9.47 Å². The van der Waals surface area contributed by atoms with Crippen molar-refractivity contribution in [3.63, 3.8) is 0 Å². The molecule has 0 unspecified atom stereocenters. The van der Waals surface area contributed by atoms with E-state index in [-0.39, 0.29) is 30.2 Å². The second-order valence-corrected chi connectivity index (χ2v) is 14.8. The molecule has 0 aliphatic rings. The summed E-state index contributed by atoms with van der Waals surface area (Å²) in [7, 11) is 0. The van der Waals surface area contributed by atoms with Gasteiger partial charge in [-0.25, -0.2) is 0 Å². The number of hydrogen-bond donors (Lipinski definition) is 0. The minimum absolute atomic E-state index is 0.159. The van der Waals surface area contributed by atoms with Crippen molar-refractivity contribution in [2.24, 2.45) is 17.3 Å². The molecule has 0 radical (unpaired) electrons. The Balaban J connectivity index is 4.86. The summed E-state index contributed by atoms with van der Waals surface area (Å²) in [5, 5.41) is 0. The minimum atomic E-state index is -0.750. The molecule has 0 aliphatic heterocycles. The van der Waals surface area contributed by atoms with Crippen molar-refractivity contribution < 1.29 is 19.1 Å². The van der Waals surface area contributed by atoms with Gasteiger partial charge in [0.25, 0.3) is 0 Å². The van der Waals surface area contributed by atoms with Crippen LogP contribution in [0.25, 0.3) is 0 Å². The van der Waals surface area contributed by atoms with Crippen molar-refractivity contribution in [3.8, 4) is 0 Å². The van der Waals surface area contributed by atoms with E-state index >= 15 is 0 Å². The van der Waals surface area contributed by atoms with Crippen LogP contribution in [0.5, 0.6) is 0 Å². The minimum Gasteiger partial charge on any atom is -0.465 e. The van der Waals surface area contributed by atoms with Crippen molar-refractivity contribution in [2.75, 3.05) is 13.2 Å². The van der Waals surface area contributed by atoms with Gasteiger partial charge in [0.1, 0.15) is 0 Å². The first-order valence-electron chi connectivity index (χ1n) is 19.6. The summed E-state index contributed by atoms with van der Waals surface area (Å²) in [6.07, 6.45) is 32.5. The van der Waals surface area contributed by atoms with Gasteiger partial charge >= 0.3 is 11.9 Å². The van der Waals surface area contributed by atoms with Crippen LogP contribution in [0.2, 0.25) is 0 Å². The van der Waals surface area contributed by atoms with E-state index in [9.17, 15) is 9.59 Å². The average molecular weight is 623 g/mol. The van der Waals surface area contributed by atoms with Gasteiger partial charge in [0.05, 0.1) is 25.0 Å². The zero-order valence-corrected chi connectivity index (χ0v) is 30.8. The molecule has 0 bridgehead atoms. The first-order valence-corrected chi connectivity index (χ1v) is 19.6. The Morgan fingerprint density at radius 1 is 0.455 bits per heavy atom. The first kappa shape index (κ1) is 42.9. The lowest BCUT2D eigenvalue weighted by Crippen LogP contribution is -2.37. The zero-order valence-electron chi connectivity index (χ0n) is 30.8. The van der Waals surface area contributed by atoms with E-state index in [1.807, 2.05) is 0 Å². The third-order valence-corrected chi connectivity index (χ3v) is 9.06. The highest BCUT2D eigenvalue weighted by Crippen LogP contribution is 2.38. The standard InChI is InChI=1S/C40H78O4/c1-7-9-11-13-15-17-19-21-23-25-27-29-31-40(39(42)44-35-37(5)6,33-38(41)43-34-36(3)4)32-30-28-26-24-22-20-18-16-14-12-10-8-2/h36-37H,7-35H2,1-6H3. The molecule has 0 N–H and O–H groups in total. The molecule has 262 valence electrons. The topological polar surface area (TPSA) is 52.6 Å². The van der Waals surface area contributed by atoms with E-state index in [1.54, 1.807) is 0 Å². The van der Waals surface area contributed by atoms with E-state index in [0.717, 1.165) is 38.5 Å². The second kappa shape index (κ2) is 30.6. The molecular formula is C40H78O4. The Labute approximate surface area is 276 Å². The highest BCUT2D eigenvalue weighted by atomic mass is 16.5. The summed E-state index contributed by atoms with van der Waals surface area (Å²) in [6.45, 7) is 13.6. The molecule has 0 fully saturated rings. The molecule has 4 nitrogen and oxygen atoms in total. The van der Waals surface area contributed by atoms with Crippen molar-refractivity contribution in [3.05, 3.63) is 0 Å². The Hall–Kier alpha value is -1.06. The van der Waals surface area contributed by atoms with E-state index in [4.69, 9.17) is 9.47 Å². The molecule has 0 saturated carbocycles. The monoisotopic (exact) mass is 623 g/mol. The SMILES string of the molecule is CCCCCCCCCCCCCCC(CCCCCCCCCCCCCC)(CC(=O)OCC(C)C)C(=O)OCC(C)C. The summed E-state index contributed by atoms with van der Waals surface area (Å²) in [5.74, 6) is 0.161. The molecule has 0 rings (SSSR count). The summed E-state index contributed by atoms with van der Waals surface area (Å²) >= 11 is 0. The van der Waals surface area contributed by atoms with Gasteiger partial charge in [-0.05, 0) is 24.7 Å². The average Bonchev–Trinajstić information content (AvgIpc) is 2.99. The van der Waals surface area contributed by atoms with Gasteiger partial charge in [-0.2, -0.15) is 0 Å². The van der Waals surface area contributed by atoms with E-state index in [1.165, 1.54) is 128 Å². The van der Waals surface area contributed by atoms with Gasteiger partial charge in [-0.15, -0.1) is 0 Å². The highest BCUT2D eigenvalue weighted by Gasteiger charge is 2.41. The number of carbonyl (C=O) groups is 2. The maximum atomic E-state index is 13.7. The van der Waals surface area contributed by atoms with E-state index < -0.39 is 5.41 Å². The second-order valence-electron chi connectivity index (χ2n) is 14.8. The molecular weight excluding hydrogens is 544 g/mol. The van der Waals surface area contributed by atoms with Gasteiger partial charge in [0.2, 0.25) is 0 Å². The van der Waals surface area contributed by atoms with Crippen LogP contribution in [0.1, 0.15) is 215 Å². The Morgan fingerprint density at radius 2 is 0.750 bits per heavy atom. The molecule has 0 amide bonds. The Kier molecular flexibility index (Phi) is 29.8. The number of hydrogen-bond acceptors (Lipinski definition) is 4. The Bertz CT molecular complexity index is 613. The third kappa shape index (κ3) is 26.2. The summed E-state index contributed by atoms with van der Waals surface area (Å²) in [5.41, 5.74) is -0.750. The fourth-order valence-corrected chi connectivity index (χ4v) is 6.17. The van der Waals surface area contributed by atoms with Crippen LogP contribution >= 0.6 is 0 Å². The lowest BCUT2D eigenvalue weighted by atomic mass is 9.75. The molecule has 0 heterocycles. The van der Waals surface area contributed by atoms with Crippen LogP contribution in [0.15, 0.2) is 0 Å². The zero-order chi connectivity index (χ0) is 32.7. The summed E-state index contributed by atoms with van der Waals surface area (Å²) in [4.78, 5) is 26.7. The first-order chi connectivity index (χ1) is 21.3. The third-order valence-electron chi connectivity index (χ3n) is 9.06. The maximum Gasteiger partial charge on any atom is 0.312 e. The molecule has 0 saturated heterocycles. The fraction of sp³-hybridized carbons (Fsp3) is 0.950. The number of esters is 2. The molecule has 0 atom stereocenters. The predicted octanol–water partition coefficient (Wildman–Crippen LogP) is 12.9. The van der Waals surface area contributed by atoms with Crippen molar-refractivity contribution >= 4 is 11.9 Å². The van der Waals surface area contributed by atoms with Crippen LogP contribution in [-0.2, 0) is 19.1 Å². The van der Waals surface area contributed by atoms with Crippen LogP contribution in [-0.4, -0.2) is 25.2 Å². The van der Waals surface area contributed by atoms with Gasteiger partial charge in [-0.3, -0.25) is 9.59 Å². The van der Waals surface area contributed by atoms with Crippen molar-refractivity contribution in [1.82, 2.24) is 0 Å². The molecule has 44 heavy (non-hydrogen) atoms. The normalized spacial score (nSPS) is 11.9. The molecule has 0 aliphatic carbocycles. The molecule has 0 aromatic heterocycles. The number of rotatable bonds is 33. The van der Waals surface area contributed by atoms with Gasteiger partial charge in [-0.1, -0.05) is 196 Å². The summed E-state index contributed by atoms with van der Waals surface area (Å²) in [6, 6.07) is 0. The lowest BCUT2D eigenvalue weighted by molar-refractivity contribution is -0.165. The smallest absolute Gasteiger partial charge is 0.312 e. The van der Waals surface area contributed by atoms with Gasteiger partial charge in [0.15, 0.2) is 0 Å². The van der Waals surface area contributed by atoms with Crippen molar-refractivity contribution in [1.29, 1.82) is 0 Å². The maximum absolute atomic E-state index is 13.7. The predicted molar refractivity (Wildman–Crippen MR) is 190 cm³/mol. The Morgan fingerprint density at radius 3 is 1.07 bits per heavy atom. The number of ether oxygens (including phenoxy) is 2. The summed E-state index contributed by atoms with van der Waals surface area (Å²) < 4.78 is 11.5. The molecule has 0 spiro atoms. The van der Waals surface area contributed by atoms with Gasteiger partial charge in [0, 0.05) is 0 Å². The fourth-order valence-electron chi connectivity index (χ4n) is 6.17. The molecule has 0 aromatic carbocycles. The van der Waals surface area contributed by atoms with Crippen LogP contribution in [0, 0.1) is 17.3 Å². The number of unbranched alkanes of at least 4 members (excludes halogenated alkanes) is 22. The molecule has 0 aromatic rings. The largest absolute Gasteiger partial charge is 0.465 e. The highest BCUT2D eigenvalue weighted by molar-refractivity contribution is 5.83. The van der Waals surface area contributed by atoms with Crippen LogP contribution < -0.4 is 0 Å². The molecule has 4 heteroatoms. The van der Waals surface area contributed by atoms with Crippen LogP contribution in [0.3, 0.4) is 0 Å². The van der Waals surface area contributed by atoms with E-state index in [2.05, 4.69) is 41.5 Å². The quantitative estimate of drug-likeness (QED) is 0.0539. The van der Waals surface area contributed by atoms with Crippen LogP contribution in [0.4, 0.5) is 0 Å². The lowest BCUT2D eigenvalue weighted by Gasteiger charge is -2.31. The number of carbonyl (C=O) groups excluding carboxylic acids is 2. The van der Waals surface area contributed by atoms with Crippen molar-refractivity contribution in [2.45, 2.75) is 215 Å². The van der Waals surface area contributed by atoms with E-state index in [0.29, 0.717) is 13.2 Å².